The maximum atomic E-state index is 13.0. The van der Waals surface area contributed by atoms with Crippen LogP contribution in [0.25, 0.3) is 0 Å². The van der Waals surface area contributed by atoms with Crippen molar-refractivity contribution in [2.24, 2.45) is 0 Å². The lowest BCUT2D eigenvalue weighted by molar-refractivity contribution is -0.126. The van der Waals surface area contributed by atoms with Crippen LogP contribution in [0.4, 0.5) is 10.1 Å². The normalized spacial score (nSPS) is 18.2. The van der Waals surface area contributed by atoms with Gasteiger partial charge in [0.1, 0.15) is 5.82 Å². The highest BCUT2D eigenvalue weighted by Gasteiger charge is 2.25. The maximum absolute atomic E-state index is 13.0. The van der Waals surface area contributed by atoms with Crippen LogP contribution in [-0.2, 0) is 4.79 Å². The lowest BCUT2D eigenvalue weighted by Crippen LogP contribution is -2.54. The Kier molecular flexibility index (Phi) is 6.99. The minimum Gasteiger partial charge on any atom is -0.391 e. The number of carbonyl (C=O) groups is 1. The molecule has 1 aromatic rings. The van der Waals surface area contributed by atoms with E-state index in [4.69, 9.17) is 0 Å². The highest BCUT2D eigenvalue weighted by Crippen LogP contribution is 2.17. The Morgan fingerprint density at radius 2 is 1.88 bits per heavy atom. The first-order chi connectivity index (χ1) is 11.5. The third-order valence-corrected chi connectivity index (χ3v) is 4.57. The van der Waals surface area contributed by atoms with E-state index in [1.165, 1.54) is 12.1 Å². The van der Waals surface area contributed by atoms with E-state index in [2.05, 4.69) is 15.1 Å². The van der Waals surface area contributed by atoms with Crippen molar-refractivity contribution in [3.8, 4) is 0 Å². The van der Waals surface area contributed by atoms with E-state index in [9.17, 15) is 14.3 Å². The van der Waals surface area contributed by atoms with Crippen molar-refractivity contribution in [2.45, 2.75) is 38.8 Å². The maximum Gasteiger partial charge on any atom is 0.237 e. The number of aliphatic hydroxyl groups is 1. The molecular formula is C18H28FN3O2. The number of nitrogens with one attached hydrogen (secondary N) is 1. The average Bonchev–Trinajstić information content (AvgIpc) is 2.60. The molecule has 1 amide bonds. The molecule has 24 heavy (non-hydrogen) atoms. The van der Waals surface area contributed by atoms with Crippen LogP contribution >= 0.6 is 0 Å². The van der Waals surface area contributed by atoms with Gasteiger partial charge in [-0.05, 0) is 37.6 Å². The van der Waals surface area contributed by atoms with Gasteiger partial charge in [-0.1, -0.05) is 13.3 Å². The van der Waals surface area contributed by atoms with Crippen LogP contribution in [0.1, 0.15) is 26.7 Å². The van der Waals surface area contributed by atoms with Crippen LogP contribution in [0.2, 0.25) is 0 Å². The van der Waals surface area contributed by atoms with E-state index >= 15 is 0 Å². The van der Waals surface area contributed by atoms with Crippen molar-refractivity contribution in [2.75, 3.05) is 37.6 Å². The van der Waals surface area contributed by atoms with Gasteiger partial charge in [0.25, 0.3) is 0 Å². The van der Waals surface area contributed by atoms with Crippen LogP contribution < -0.4 is 10.2 Å². The third kappa shape index (κ3) is 5.18. The summed E-state index contributed by atoms with van der Waals surface area (Å²) in [5.74, 6) is -0.270. The largest absolute Gasteiger partial charge is 0.391 e. The Labute approximate surface area is 143 Å². The summed E-state index contributed by atoms with van der Waals surface area (Å²) in [6.07, 6.45) is 1.13. The molecule has 0 radical (unpaired) electrons. The Morgan fingerprint density at radius 3 is 2.46 bits per heavy atom. The number of benzene rings is 1. The molecule has 2 rings (SSSR count). The number of rotatable bonds is 7. The predicted octanol–water partition coefficient (Wildman–Crippen LogP) is 1.61. The molecule has 5 nitrogen and oxygen atoms in total. The second kappa shape index (κ2) is 8.99. The van der Waals surface area contributed by atoms with Gasteiger partial charge in [-0.3, -0.25) is 9.69 Å². The molecule has 1 heterocycles. The molecule has 1 aliphatic heterocycles. The van der Waals surface area contributed by atoms with Crippen molar-refractivity contribution in [1.29, 1.82) is 0 Å². The summed E-state index contributed by atoms with van der Waals surface area (Å²) in [6.45, 7) is 7.40. The third-order valence-electron chi connectivity index (χ3n) is 4.57. The fourth-order valence-electron chi connectivity index (χ4n) is 2.99. The van der Waals surface area contributed by atoms with Crippen LogP contribution in [0.15, 0.2) is 24.3 Å². The van der Waals surface area contributed by atoms with Crippen molar-refractivity contribution >= 4 is 11.6 Å². The monoisotopic (exact) mass is 337 g/mol. The number of anilines is 1. The lowest BCUT2D eigenvalue weighted by Gasteiger charge is -2.38. The molecule has 134 valence electrons. The summed E-state index contributed by atoms with van der Waals surface area (Å²) in [5.41, 5.74) is 1.01. The van der Waals surface area contributed by atoms with Gasteiger partial charge in [0.15, 0.2) is 0 Å². The molecule has 1 saturated heterocycles. The second-order valence-corrected chi connectivity index (χ2v) is 6.36. The first-order valence-corrected chi connectivity index (χ1v) is 8.71. The standard InChI is InChI=1S/C18H28FN3O2/c1-3-4-17(23)13-20-18(24)14(2)21-9-11-22(12-10-21)16-7-5-15(19)6-8-16/h5-8,14,17,23H,3-4,9-13H2,1-2H3,(H,20,24). The molecule has 2 atom stereocenters. The quantitative estimate of drug-likeness (QED) is 0.794. The number of halogens is 1. The summed E-state index contributed by atoms with van der Waals surface area (Å²) >= 11 is 0. The summed E-state index contributed by atoms with van der Waals surface area (Å²) in [5, 5.41) is 12.5. The Morgan fingerprint density at radius 1 is 1.25 bits per heavy atom. The van der Waals surface area contributed by atoms with Gasteiger partial charge >= 0.3 is 0 Å². The fraction of sp³-hybridized carbons (Fsp3) is 0.611. The van der Waals surface area contributed by atoms with Crippen molar-refractivity contribution in [3.63, 3.8) is 0 Å². The Hall–Kier alpha value is -1.66. The first kappa shape index (κ1) is 18.7. The molecular weight excluding hydrogens is 309 g/mol. The van der Waals surface area contributed by atoms with E-state index in [0.717, 1.165) is 38.3 Å². The fourth-order valence-corrected chi connectivity index (χ4v) is 2.99. The van der Waals surface area contributed by atoms with Gasteiger partial charge in [-0.15, -0.1) is 0 Å². The van der Waals surface area contributed by atoms with E-state index in [-0.39, 0.29) is 17.8 Å². The van der Waals surface area contributed by atoms with Crippen molar-refractivity contribution < 1.29 is 14.3 Å². The number of amides is 1. The SMILES string of the molecule is CCCC(O)CNC(=O)C(C)N1CCN(c2ccc(F)cc2)CC1. The van der Waals surface area contributed by atoms with Gasteiger partial charge in [0.05, 0.1) is 12.1 Å². The van der Waals surface area contributed by atoms with Gasteiger partial charge in [0.2, 0.25) is 5.91 Å². The Bertz CT molecular complexity index is 516. The summed E-state index contributed by atoms with van der Waals surface area (Å²) in [4.78, 5) is 16.6. The zero-order valence-electron chi connectivity index (χ0n) is 14.5. The average molecular weight is 337 g/mol. The summed E-state index contributed by atoms with van der Waals surface area (Å²) in [7, 11) is 0. The van der Waals surface area contributed by atoms with E-state index in [1.54, 1.807) is 12.1 Å². The number of hydrogen-bond donors (Lipinski definition) is 2. The van der Waals surface area contributed by atoms with E-state index in [0.29, 0.717) is 13.0 Å². The molecule has 1 aliphatic rings. The molecule has 0 spiro atoms. The Balaban J connectivity index is 1.78. The van der Waals surface area contributed by atoms with Gasteiger partial charge in [-0.2, -0.15) is 0 Å². The minimum absolute atomic E-state index is 0.0413. The topological polar surface area (TPSA) is 55.8 Å². The lowest BCUT2D eigenvalue weighted by atomic mass is 10.1. The van der Waals surface area contributed by atoms with E-state index < -0.39 is 6.10 Å². The molecule has 0 bridgehead atoms. The molecule has 2 unspecified atom stereocenters. The van der Waals surface area contributed by atoms with Crippen LogP contribution in [0.3, 0.4) is 0 Å². The van der Waals surface area contributed by atoms with Crippen molar-refractivity contribution in [3.05, 3.63) is 30.1 Å². The number of carbonyl (C=O) groups excluding carboxylic acids is 1. The van der Waals surface area contributed by atoms with Crippen LogP contribution in [0.5, 0.6) is 0 Å². The number of hydrogen-bond acceptors (Lipinski definition) is 4. The second-order valence-electron chi connectivity index (χ2n) is 6.36. The number of piperazine rings is 1. The smallest absolute Gasteiger partial charge is 0.237 e. The van der Waals surface area contributed by atoms with Gasteiger partial charge in [-0.25, -0.2) is 4.39 Å². The molecule has 2 N–H and O–H groups in total. The van der Waals surface area contributed by atoms with E-state index in [1.807, 2.05) is 13.8 Å². The van der Waals surface area contributed by atoms with Crippen molar-refractivity contribution in [1.82, 2.24) is 10.2 Å². The van der Waals surface area contributed by atoms with Crippen LogP contribution in [0, 0.1) is 5.82 Å². The number of nitrogens with zero attached hydrogens (tertiary/aromatic N) is 2. The first-order valence-electron chi connectivity index (χ1n) is 8.71. The van der Waals surface area contributed by atoms with Crippen LogP contribution in [-0.4, -0.2) is 60.8 Å². The zero-order chi connectivity index (χ0) is 17.5. The molecule has 0 aromatic heterocycles. The zero-order valence-corrected chi connectivity index (χ0v) is 14.5. The number of aliphatic hydroxyl groups excluding tert-OH is 1. The highest BCUT2D eigenvalue weighted by atomic mass is 19.1. The molecule has 6 heteroatoms. The molecule has 1 aromatic carbocycles. The summed E-state index contributed by atoms with van der Waals surface area (Å²) < 4.78 is 13.0. The molecule has 0 aliphatic carbocycles. The molecule has 0 saturated carbocycles. The molecule has 1 fully saturated rings. The highest BCUT2D eigenvalue weighted by molar-refractivity contribution is 5.81. The minimum atomic E-state index is -0.471. The summed E-state index contributed by atoms with van der Waals surface area (Å²) in [6, 6.07) is 6.31. The van der Waals surface area contributed by atoms with Gasteiger partial charge < -0.3 is 15.3 Å². The predicted molar refractivity (Wildman–Crippen MR) is 93.6 cm³/mol. The van der Waals surface area contributed by atoms with Gasteiger partial charge in [0, 0.05) is 38.4 Å².